The molecule has 0 spiro atoms. The molecule has 5 heteroatoms. The van der Waals surface area contributed by atoms with Crippen LogP contribution in [-0.2, 0) is 39.8 Å². The Morgan fingerprint density at radius 3 is 2.65 bits per heavy atom. The van der Waals surface area contributed by atoms with Crippen molar-refractivity contribution in [2.24, 2.45) is 7.05 Å². The van der Waals surface area contributed by atoms with Gasteiger partial charge in [-0.05, 0) is 8.59 Å². The van der Waals surface area contributed by atoms with Gasteiger partial charge in [-0.2, -0.15) is 12.1 Å². The van der Waals surface area contributed by atoms with E-state index in [4.69, 9.17) is 11.6 Å². The first kappa shape index (κ1) is 15.4. The van der Waals surface area contributed by atoms with Crippen LogP contribution in [0.2, 0.25) is 5.02 Å². The Kier molecular flexibility index (Phi) is 5.83. The van der Waals surface area contributed by atoms with Crippen LogP contribution in [0.5, 0.6) is 0 Å². The van der Waals surface area contributed by atoms with E-state index in [-0.39, 0.29) is 38.3 Å². The van der Waals surface area contributed by atoms with Crippen LogP contribution >= 0.6 is 34.2 Å². The average Bonchev–Trinajstić information content (AvgIpc) is 2.28. The first-order chi connectivity index (χ1) is 7.61. The number of rotatable bonds is 1. The summed E-state index contributed by atoms with van der Waals surface area (Å²) in [6.07, 6.45) is 0. The van der Waals surface area contributed by atoms with Crippen molar-refractivity contribution in [1.29, 1.82) is 0 Å². The van der Waals surface area contributed by atoms with Crippen LogP contribution in [0.4, 0.5) is 0 Å². The maximum atomic E-state index is 11.8. The first-order valence-corrected chi connectivity index (χ1v) is 6.09. The third kappa shape index (κ3) is 3.19. The molecule has 1 radical (unpaired) electrons. The molecule has 0 saturated heterocycles. The molecule has 0 aliphatic heterocycles. The smallest absolute Gasteiger partial charge is 0.207 e. The van der Waals surface area contributed by atoms with Crippen molar-refractivity contribution in [1.82, 2.24) is 4.57 Å². The fourth-order valence-electron chi connectivity index (χ4n) is 1.46. The molecule has 0 fully saturated rings. The molecular weight excluding hydrogens is 425 g/mol. The van der Waals surface area contributed by atoms with Gasteiger partial charge >= 0.3 is 0 Å². The van der Waals surface area contributed by atoms with Gasteiger partial charge < -0.3 is 4.57 Å². The van der Waals surface area contributed by atoms with Gasteiger partial charge in [-0.3, -0.25) is 4.79 Å². The van der Waals surface area contributed by atoms with E-state index in [0.717, 1.165) is 5.56 Å². The van der Waals surface area contributed by atoms with Crippen molar-refractivity contribution in [3.63, 3.8) is 0 Å². The van der Waals surface area contributed by atoms with E-state index in [9.17, 15) is 4.79 Å². The molecular formula is C12H8ClINOY-. The molecule has 1 aromatic carbocycles. The summed E-state index contributed by atoms with van der Waals surface area (Å²) < 4.78 is 2.21. The van der Waals surface area contributed by atoms with Crippen molar-refractivity contribution >= 4 is 34.2 Å². The molecule has 0 bridgehead atoms. The van der Waals surface area contributed by atoms with E-state index in [1.54, 1.807) is 23.7 Å². The second kappa shape index (κ2) is 6.46. The number of pyridine rings is 1. The minimum atomic E-state index is -0.0331. The molecule has 0 amide bonds. The van der Waals surface area contributed by atoms with Crippen LogP contribution in [0, 0.1) is 9.64 Å². The van der Waals surface area contributed by atoms with Gasteiger partial charge in [-0.1, -0.05) is 41.1 Å². The van der Waals surface area contributed by atoms with Crippen molar-refractivity contribution < 1.29 is 32.7 Å². The van der Waals surface area contributed by atoms with Crippen LogP contribution in [0.3, 0.4) is 0 Å². The number of hydrogen-bond donors (Lipinski definition) is 0. The summed E-state index contributed by atoms with van der Waals surface area (Å²) in [6.45, 7) is 0. The SMILES string of the molecule is Cn1c(-c2ccccc2Cl)[c-]cc(I)c1=O.[Y]. The quantitative estimate of drug-likeness (QED) is 0.501. The number of halogens is 2. The van der Waals surface area contributed by atoms with E-state index in [2.05, 4.69) is 6.07 Å². The maximum Gasteiger partial charge on any atom is 0.207 e. The standard InChI is InChI=1S/C12H8ClINO.Y/c1-15-11(7-6-10(14)12(15)16)8-4-2-3-5-9(8)13;/h2-6H,1H3;/q-1;. The van der Waals surface area contributed by atoms with Crippen molar-refractivity contribution in [3.05, 3.63) is 55.3 Å². The summed E-state index contributed by atoms with van der Waals surface area (Å²) in [5.41, 5.74) is 1.49. The molecule has 0 N–H and O–H groups in total. The molecule has 0 aliphatic rings. The number of aromatic nitrogens is 1. The second-order valence-corrected chi connectivity index (χ2v) is 4.90. The van der Waals surface area contributed by atoms with Gasteiger partial charge in [0.15, 0.2) is 0 Å². The Balaban J connectivity index is 0.00000144. The van der Waals surface area contributed by atoms with Gasteiger partial charge in [0, 0.05) is 39.8 Å². The molecule has 2 rings (SSSR count). The summed E-state index contributed by atoms with van der Waals surface area (Å²) in [7, 11) is 1.72. The molecule has 2 nitrogen and oxygen atoms in total. The Bertz CT molecular complexity index is 597. The summed E-state index contributed by atoms with van der Waals surface area (Å²) >= 11 is 8.08. The van der Waals surface area contributed by atoms with Gasteiger partial charge in [0.1, 0.15) is 0 Å². The summed E-state index contributed by atoms with van der Waals surface area (Å²) in [6, 6.07) is 12.2. The zero-order valence-electron chi connectivity index (χ0n) is 9.08. The zero-order valence-corrected chi connectivity index (χ0v) is 14.8. The molecule has 0 unspecified atom stereocenters. The van der Waals surface area contributed by atoms with Crippen LogP contribution < -0.4 is 5.56 Å². The van der Waals surface area contributed by atoms with Gasteiger partial charge in [-0.15, -0.1) is 28.7 Å². The fourth-order valence-corrected chi connectivity index (χ4v) is 2.21. The fraction of sp³-hybridized carbons (Fsp3) is 0.0833. The third-order valence-corrected chi connectivity index (χ3v) is 3.41. The number of nitrogens with zero attached hydrogens (tertiary/aromatic N) is 1. The minimum absolute atomic E-state index is 0. The molecule has 1 aromatic heterocycles. The summed E-state index contributed by atoms with van der Waals surface area (Å²) in [5, 5.41) is 0.620. The average molecular weight is 433 g/mol. The molecule has 0 atom stereocenters. The van der Waals surface area contributed by atoms with Gasteiger partial charge in [0.2, 0.25) is 5.56 Å². The zero-order chi connectivity index (χ0) is 11.7. The number of benzene rings is 1. The van der Waals surface area contributed by atoms with Crippen LogP contribution in [0.15, 0.2) is 35.1 Å². The Morgan fingerprint density at radius 2 is 2.00 bits per heavy atom. The monoisotopic (exact) mass is 433 g/mol. The Hall–Kier alpha value is 0.294. The van der Waals surface area contributed by atoms with Gasteiger partial charge in [0.05, 0.1) is 0 Å². The van der Waals surface area contributed by atoms with E-state index >= 15 is 0 Å². The Labute approximate surface area is 143 Å². The molecule has 1 heterocycles. The second-order valence-electron chi connectivity index (χ2n) is 3.33. The first-order valence-electron chi connectivity index (χ1n) is 4.63. The van der Waals surface area contributed by atoms with E-state index in [0.29, 0.717) is 14.3 Å². The molecule has 17 heavy (non-hydrogen) atoms. The normalized spacial score (nSPS) is 9.82. The Morgan fingerprint density at radius 1 is 1.35 bits per heavy atom. The predicted octanol–water partition coefficient (Wildman–Crippen LogP) is 3.11. The maximum absolute atomic E-state index is 11.8. The predicted molar refractivity (Wildman–Crippen MR) is 73.7 cm³/mol. The number of hydrogen-bond acceptors (Lipinski definition) is 1. The van der Waals surface area contributed by atoms with Crippen LogP contribution in [0.25, 0.3) is 11.3 Å². The van der Waals surface area contributed by atoms with Gasteiger partial charge in [0.25, 0.3) is 0 Å². The molecule has 0 aliphatic carbocycles. The summed E-state index contributed by atoms with van der Waals surface area (Å²) in [4.78, 5) is 11.8. The van der Waals surface area contributed by atoms with Crippen molar-refractivity contribution in [3.8, 4) is 11.3 Å². The van der Waals surface area contributed by atoms with Crippen LogP contribution in [0.1, 0.15) is 0 Å². The van der Waals surface area contributed by atoms with Crippen molar-refractivity contribution in [2.45, 2.75) is 0 Å². The van der Waals surface area contributed by atoms with E-state index < -0.39 is 0 Å². The van der Waals surface area contributed by atoms with E-state index in [1.165, 1.54) is 0 Å². The van der Waals surface area contributed by atoms with Gasteiger partial charge in [-0.25, -0.2) is 0 Å². The third-order valence-electron chi connectivity index (χ3n) is 2.31. The van der Waals surface area contributed by atoms with Crippen LogP contribution in [-0.4, -0.2) is 4.57 Å². The minimum Gasteiger partial charge on any atom is -0.344 e. The van der Waals surface area contributed by atoms with Crippen molar-refractivity contribution in [2.75, 3.05) is 0 Å². The molecule has 2 aromatic rings. The van der Waals surface area contributed by atoms with E-state index in [1.807, 2.05) is 40.8 Å². The molecule has 0 saturated carbocycles. The summed E-state index contributed by atoms with van der Waals surface area (Å²) in [5.74, 6) is 0. The topological polar surface area (TPSA) is 22.0 Å². The largest absolute Gasteiger partial charge is 0.344 e. The molecule has 85 valence electrons.